The number of amides is 2. The highest BCUT2D eigenvalue weighted by Crippen LogP contribution is 2.56. The maximum atomic E-state index is 14.2. The number of benzene rings is 3. The summed E-state index contributed by atoms with van der Waals surface area (Å²) >= 11 is 0. The molecule has 0 radical (unpaired) electrons. The first-order chi connectivity index (χ1) is 21.3. The van der Waals surface area contributed by atoms with Gasteiger partial charge >= 0.3 is 0 Å². The van der Waals surface area contributed by atoms with Gasteiger partial charge in [0.05, 0.1) is 24.6 Å². The fraction of sp³-hybridized carbons (Fsp3) is 0.222. The summed E-state index contributed by atoms with van der Waals surface area (Å²) in [5, 5.41) is 13.6. The Bertz CT molecular complexity index is 1840. The number of allylic oxidation sites excluding steroid dienone is 6. The molecule has 1 fully saturated rings. The van der Waals surface area contributed by atoms with E-state index in [1.54, 1.807) is 31.2 Å². The third kappa shape index (κ3) is 4.28. The van der Waals surface area contributed by atoms with E-state index in [1.165, 1.54) is 24.2 Å². The third-order valence-electron chi connectivity index (χ3n) is 9.29. The monoisotopic (exact) mass is 586 g/mol. The van der Waals surface area contributed by atoms with Crippen LogP contribution < -0.4 is 15.0 Å². The van der Waals surface area contributed by atoms with Crippen LogP contribution in [0.1, 0.15) is 31.2 Å². The predicted octanol–water partition coefficient (Wildman–Crippen LogP) is 5.78. The second-order valence-corrected chi connectivity index (χ2v) is 11.7. The summed E-state index contributed by atoms with van der Waals surface area (Å²) in [5.74, 6) is -3.11. The summed E-state index contributed by atoms with van der Waals surface area (Å²) in [6.07, 6.45) is 3.89. The molecular formula is C36H30N2O6. The van der Waals surface area contributed by atoms with Crippen LogP contribution in [0.15, 0.2) is 107 Å². The number of imide groups is 1. The van der Waals surface area contributed by atoms with Crippen molar-refractivity contribution in [2.75, 3.05) is 17.3 Å². The van der Waals surface area contributed by atoms with Crippen LogP contribution in [0.2, 0.25) is 0 Å². The Morgan fingerprint density at radius 2 is 1.61 bits per heavy atom. The van der Waals surface area contributed by atoms with Crippen LogP contribution in [0.5, 0.6) is 11.5 Å². The Balaban J connectivity index is 1.26. The van der Waals surface area contributed by atoms with Crippen LogP contribution >= 0.6 is 0 Å². The number of ether oxygens (including phenoxy) is 1. The van der Waals surface area contributed by atoms with Crippen molar-refractivity contribution in [3.05, 3.63) is 113 Å². The van der Waals surface area contributed by atoms with E-state index >= 15 is 0 Å². The summed E-state index contributed by atoms with van der Waals surface area (Å²) in [7, 11) is 1.45. The van der Waals surface area contributed by atoms with Gasteiger partial charge in [-0.25, -0.2) is 0 Å². The smallest absolute Gasteiger partial charge is 0.238 e. The van der Waals surface area contributed by atoms with E-state index in [0.717, 1.165) is 16.9 Å². The number of carbonyl (C=O) groups is 4. The molecule has 4 unspecified atom stereocenters. The number of anilines is 3. The van der Waals surface area contributed by atoms with Gasteiger partial charge in [0, 0.05) is 34.0 Å². The lowest BCUT2D eigenvalue weighted by Crippen LogP contribution is -2.39. The first-order valence-electron chi connectivity index (χ1n) is 14.6. The largest absolute Gasteiger partial charge is 0.504 e. The normalized spacial score (nSPS) is 24.4. The van der Waals surface area contributed by atoms with Gasteiger partial charge in [0.25, 0.3) is 0 Å². The maximum absolute atomic E-state index is 14.2. The van der Waals surface area contributed by atoms with Crippen LogP contribution in [0, 0.1) is 17.8 Å². The molecule has 2 N–H and O–H groups in total. The third-order valence-corrected chi connectivity index (χ3v) is 9.29. The Morgan fingerprint density at radius 3 is 2.34 bits per heavy atom. The second kappa shape index (κ2) is 10.5. The van der Waals surface area contributed by atoms with Crippen molar-refractivity contribution in [2.24, 2.45) is 17.8 Å². The molecule has 1 aliphatic heterocycles. The van der Waals surface area contributed by atoms with Gasteiger partial charge < -0.3 is 15.2 Å². The van der Waals surface area contributed by atoms with Gasteiger partial charge in [-0.3, -0.25) is 24.1 Å². The van der Waals surface area contributed by atoms with E-state index in [0.29, 0.717) is 34.4 Å². The molecule has 8 heteroatoms. The zero-order valence-electron chi connectivity index (χ0n) is 24.2. The van der Waals surface area contributed by atoms with Gasteiger partial charge in [-0.05, 0) is 85.9 Å². The summed E-state index contributed by atoms with van der Waals surface area (Å²) in [4.78, 5) is 56.2. The van der Waals surface area contributed by atoms with Crippen LogP contribution in [0.3, 0.4) is 0 Å². The number of hydrogen-bond donors (Lipinski definition) is 2. The second-order valence-electron chi connectivity index (χ2n) is 11.7. The average Bonchev–Trinajstić information content (AvgIpc) is 3.29. The maximum Gasteiger partial charge on any atom is 0.238 e. The number of ketones is 2. The zero-order chi connectivity index (χ0) is 30.7. The quantitative estimate of drug-likeness (QED) is 0.221. The summed E-state index contributed by atoms with van der Waals surface area (Å²) in [6.45, 7) is 1.63. The Morgan fingerprint density at radius 1 is 0.886 bits per heavy atom. The lowest BCUT2D eigenvalue weighted by molar-refractivity contribution is -0.123. The fourth-order valence-electron chi connectivity index (χ4n) is 7.25. The van der Waals surface area contributed by atoms with Crippen LogP contribution in [-0.2, 0) is 19.2 Å². The van der Waals surface area contributed by atoms with Crippen LogP contribution in [0.25, 0.3) is 0 Å². The molecule has 0 saturated carbocycles. The van der Waals surface area contributed by atoms with E-state index in [1.807, 2.05) is 48.5 Å². The molecule has 220 valence electrons. The number of fused-ring (bicyclic) bond motifs is 3. The highest BCUT2D eigenvalue weighted by atomic mass is 16.5. The number of aromatic hydroxyl groups is 1. The van der Waals surface area contributed by atoms with Gasteiger partial charge in [0.15, 0.2) is 23.1 Å². The molecule has 4 aliphatic rings. The molecule has 4 atom stereocenters. The van der Waals surface area contributed by atoms with Crippen molar-refractivity contribution in [1.29, 1.82) is 0 Å². The van der Waals surface area contributed by atoms with Crippen molar-refractivity contribution in [3.8, 4) is 11.5 Å². The Kier molecular flexibility index (Phi) is 6.57. The molecule has 7 rings (SSSR count). The summed E-state index contributed by atoms with van der Waals surface area (Å²) in [5.41, 5.74) is 4.91. The van der Waals surface area contributed by atoms with Crippen molar-refractivity contribution < 1.29 is 29.0 Å². The van der Waals surface area contributed by atoms with Crippen molar-refractivity contribution >= 4 is 40.4 Å². The number of carbonyl (C=O) groups excluding carboxylic acids is 4. The van der Waals surface area contributed by atoms with E-state index in [2.05, 4.69) is 5.32 Å². The number of hydrogen-bond acceptors (Lipinski definition) is 7. The Labute approximate surface area is 254 Å². The number of methoxy groups -OCH3 is 1. The molecule has 44 heavy (non-hydrogen) atoms. The molecule has 0 spiro atoms. The molecule has 8 nitrogen and oxygen atoms in total. The standard InChI is InChI=1S/C36H30N2O6/c1-19-16-29(40)27-18-26-24(31(33(27)34(19)41)20-8-15-28(39)30(17-20)44-2)13-14-25-32(26)36(43)38(35(25)42)23-11-9-22(10-12-23)37-21-6-4-3-5-7-21/h3-13,15-17,25-26,31-32,37,39H,14,18H2,1-2H3. The van der Waals surface area contributed by atoms with Crippen LogP contribution in [-0.4, -0.2) is 35.6 Å². The molecule has 1 heterocycles. The fourth-order valence-corrected chi connectivity index (χ4v) is 7.25. The average molecular weight is 587 g/mol. The Hall–Kier alpha value is -5.24. The highest BCUT2D eigenvalue weighted by molar-refractivity contribution is 6.25. The first-order valence-corrected chi connectivity index (χ1v) is 14.6. The van der Waals surface area contributed by atoms with Gasteiger partial charge in [0.2, 0.25) is 11.8 Å². The number of Topliss-reactive ketones (excluding diaryl/α,β-unsaturated/α-hetero) is 1. The molecule has 3 aromatic carbocycles. The number of rotatable bonds is 5. The topological polar surface area (TPSA) is 113 Å². The number of phenolic OH excluding ortho intramolecular Hbond substituents is 1. The molecule has 3 aliphatic carbocycles. The molecule has 0 bridgehead atoms. The van der Waals surface area contributed by atoms with Gasteiger partial charge in [-0.15, -0.1) is 0 Å². The van der Waals surface area contributed by atoms with E-state index in [9.17, 15) is 24.3 Å². The molecule has 0 aromatic heterocycles. The van der Waals surface area contributed by atoms with Gasteiger partial charge in [0.1, 0.15) is 0 Å². The number of nitrogens with one attached hydrogen (secondary N) is 1. The van der Waals surface area contributed by atoms with Crippen molar-refractivity contribution in [1.82, 2.24) is 0 Å². The van der Waals surface area contributed by atoms with Crippen molar-refractivity contribution in [2.45, 2.75) is 25.7 Å². The van der Waals surface area contributed by atoms with Crippen molar-refractivity contribution in [3.63, 3.8) is 0 Å². The van der Waals surface area contributed by atoms with Gasteiger partial charge in [-0.2, -0.15) is 0 Å². The minimum absolute atomic E-state index is 0.0465. The number of para-hydroxylation sites is 1. The summed E-state index contributed by atoms with van der Waals surface area (Å²) in [6, 6.07) is 21.8. The van der Waals surface area contributed by atoms with E-state index in [-0.39, 0.29) is 41.3 Å². The number of nitrogens with zero attached hydrogens (tertiary/aromatic N) is 1. The molecular weight excluding hydrogens is 556 g/mol. The zero-order valence-corrected chi connectivity index (χ0v) is 24.2. The lowest BCUT2D eigenvalue weighted by Gasteiger charge is -2.42. The minimum atomic E-state index is -0.671. The molecule has 1 saturated heterocycles. The highest BCUT2D eigenvalue weighted by Gasteiger charge is 2.56. The van der Waals surface area contributed by atoms with E-state index < -0.39 is 23.7 Å². The minimum Gasteiger partial charge on any atom is -0.504 e. The first kappa shape index (κ1) is 27.6. The van der Waals surface area contributed by atoms with Gasteiger partial charge in [-0.1, -0.05) is 35.9 Å². The van der Waals surface area contributed by atoms with Crippen LogP contribution in [0.4, 0.5) is 17.1 Å². The molecule has 3 aromatic rings. The SMILES string of the molecule is COc1cc(C2C3=CCC4C(=O)N(c5ccc(Nc6ccccc6)cc5)C(=O)C4C3CC3=C2C(=O)C(C)=CC3=O)ccc1O. The lowest BCUT2D eigenvalue weighted by atomic mass is 9.59. The molecule has 2 amide bonds. The van der Waals surface area contributed by atoms with E-state index in [4.69, 9.17) is 4.74 Å². The number of phenols is 1. The summed E-state index contributed by atoms with van der Waals surface area (Å²) < 4.78 is 5.36. The predicted molar refractivity (Wildman–Crippen MR) is 165 cm³/mol.